The molecule has 0 aromatic heterocycles. The van der Waals surface area contributed by atoms with Crippen molar-refractivity contribution in [2.45, 2.75) is 84.3 Å². The molecule has 0 aliphatic carbocycles. The average Bonchev–Trinajstić information content (AvgIpc) is 2.52. The number of rotatable bonds is 9. The highest BCUT2D eigenvalue weighted by molar-refractivity contribution is 7.89. The van der Waals surface area contributed by atoms with E-state index in [0.717, 1.165) is 23.3 Å². The normalized spacial score (nSPS) is 16.6. The number of carbonyl (C=O) groups is 1. The third kappa shape index (κ3) is 8.11. The fraction of sp³-hybridized carbons (Fsp3) is 0.667. The summed E-state index contributed by atoms with van der Waals surface area (Å²) in [7, 11) is 0. The summed E-state index contributed by atoms with van der Waals surface area (Å²) in [5.41, 5.74) is 0.608. The maximum absolute atomic E-state index is 12.8. The molecule has 0 bridgehead atoms. The van der Waals surface area contributed by atoms with Crippen LogP contribution in [0.15, 0.2) is 29.2 Å². The van der Waals surface area contributed by atoms with E-state index in [0.29, 0.717) is 5.92 Å². The molecule has 5 heteroatoms. The molecule has 4 atom stereocenters. The number of hydrogen-bond donors (Lipinski definition) is 1. The van der Waals surface area contributed by atoms with Crippen molar-refractivity contribution in [3.8, 4) is 0 Å². The Balaban J connectivity index is 2.88. The molecule has 1 N–H and O–H groups in total. The van der Waals surface area contributed by atoms with Gasteiger partial charge in [-0.25, -0.2) is 0 Å². The summed E-state index contributed by atoms with van der Waals surface area (Å²) < 4.78 is 21.4. The van der Waals surface area contributed by atoms with Crippen LogP contribution in [0.3, 0.4) is 0 Å². The van der Waals surface area contributed by atoms with Crippen molar-refractivity contribution in [2.75, 3.05) is 0 Å². The third-order valence-corrected chi connectivity index (χ3v) is 5.79. The molecule has 4 nitrogen and oxygen atoms in total. The van der Waals surface area contributed by atoms with Crippen molar-refractivity contribution in [3.05, 3.63) is 29.8 Å². The van der Waals surface area contributed by atoms with E-state index in [1.165, 1.54) is 0 Å². The van der Waals surface area contributed by atoms with Gasteiger partial charge in [0.15, 0.2) is 4.90 Å². The van der Waals surface area contributed by atoms with Crippen molar-refractivity contribution in [1.82, 2.24) is 4.72 Å². The van der Waals surface area contributed by atoms with Gasteiger partial charge in [0.25, 0.3) is 0 Å². The number of aryl methyl sites for hydroxylation is 1. The van der Waals surface area contributed by atoms with Gasteiger partial charge in [0.1, 0.15) is 5.60 Å². The Hall–Kier alpha value is -1.04. The van der Waals surface area contributed by atoms with Crippen molar-refractivity contribution < 1.29 is 14.1 Å². The zero-order chi connectivity index (χ0) is 19.9. The Labute approximate surface area is 162 Å². The lowest BCUT2D eigenvalue weighted by atomic mass is 9.85. The largest absolute Gasteiger partial charge is 0.593 e. The molecule has 0 spiro atoms. The van der Waals surface area contributed by atoms with E-state index in [1.54, 1.807) is 0 Å². The topological polar surface area (TPSA) is 61.4 Å². The number of ether oxygens (including phenoxy) is 1. The number of nitrogens with one attached hydrogen (secondary N) is 1. The van der Waals surface area contributed by atoms with Crippen LogP contribution in [0.5, 0.6) is 0 Å². The lowest BCUT2D eigenvalue weighted by Crippen LogP contribution is -2.43. The SMILES string of the molecule is CCC[C@@H](C)[C@@H](C)[C@@H](CC(=O)OC(C)(C)C)N[S+]([O-])c1ccc(C)cc1. The summed E-state index contributed by atoms with van der Waals surface area (Å²) in [4.78, 5) is 13.1. The smallest absolute Gasteiger partial charge is 0.308 e. The molecular weight excluding hydrogens is 346 g/mol. The Kier molecular flexibility index (Phi) is 9.14. The van der Waals surface area contributed by atoms with Gasteiger partial charge in [-0.3, -0.25) is 4.79 Å². The van der Waals surface area contributed by atoms with Crippen molar-refractivity contribution in [2.24, 2.45) is 11.8 Å². The van der Waals surface area contributed by atoms with Gasteiger partial charge in [0, 0.05) is 0 Å². The van der Waals surface area contributed by atoms with Gasteiger partial charge in [-0.05, 0) is 51.7 Å². The minimum atomic E-state index is -1.36. The molecule has 0 heterocycles. The molecular formula is C21H35NO3S. The van der Waals surface area contributed by atoms with Crippen LogP contribution in [0.1, 0.15) is 66.4 Å². The molecule has 0 radical (unpaired) electrons. The molecule has 0 amide bonds. The van der Waals surface area contributed by atoms with E-state index in [2.05, 4.69) is 25.5 Å². The monoisotopic (exact) mass is 381 g/mol. The second-order valence-corrected chi connectivity index (χ2v) is 9.47. The van der Waals surface area contributed by atoms with E-state index in [4.69, 9.17) is 4.74 Å². The highest BCUT2D eigenvalue weighted by atomic mass is 32.2. The molecule has 0 aliphatic rings. The predicted molar refractivity (Wildman–Crippen MR) is 108 cm³/mol. The molecule has 1 aromatic carbocycles. The van der Waals surface area contributed by atoms with Gasteiger partial charge in [0.2, 0.25) is 0 Å². The quantitative estimate of drug-likeness (QED) is 0.494. The summed E-state index contributed by atoms with van der Waals surface area (Å²) in [6.07, 6.45) is 2.38. The number of hydrogen-bond acceptors (Lipinski definition) is 4. The molecule has 148 valence electrons. The summed E-state index contributed by atoms with van der Waals surface area (Å²) in [5.74, 6) is 0.373. The summed E-state index contributed by atoms with van der Waals surface area (Å²) in [6.45, 7) is 14.0. The summed E-state index contributed by atoms with van der Waals surface area (Å²) >= 11 is -1.36. The van der Waals surface area contributed by atoms with Crippen LogP contribution >= 0.6 is 0 Å². The van der Waals surface area contributed by atoms with Crippen LogP contribution in [0.25, 0.3) is 0 Å². The van der Waals surface area contributed by atoms with E-state index < -0.39 is 17.0 Å². The lowest BCUT2D eigenvalue weighted by Gasteiger charge is -2.30. The minimum Gasteiger partial charge on any atom is -0.593 e. The van der Waals surface area contributed by atoms with Crippen molar-refractivity contribution in [3.63, 3.8) is 0 Å². The summed E-state index contributed by atoms with van der Waals surface area (Å²) in [5, 5.41) is 0. The Morgan fingerprint density at radius 3 is 2.31 bits per heavy atom. The molecule has 0 aliphatic heterocycles. The van der Waals surface area contributed by atoms with E-state index in [-0.39, 0.29) is 24.3 Å². The second kappa shape index (κ2) is 10.3. The Morgan fingerprint density at radius 1 is 1.23 bits per heavy atom. The van der Waals surface area contributed by atoms with Gasteiger partial charge >= 0.3 is 5.97 Å². The zero-order valence-electron chi connectivity index (χ0n) is 17.3. The highest BCUT2D eigenvalue weighted by Crippen LogP contribution is 2.25. The standard InChI is InChI=1S/C21H35NO3S/c1-8-9-16(3)17(4)19(14-20(23)25-21(5,6)7)22-26(24)18-12-10-15(2)11-13-18/h10-13,16-17,19,22H,8-9,14H2,1-7H3/t16-,17-,19-,26?/m1/s1. The third-order valence-electron chi connectivity index (χ3n) is 4.58. The van der Waals surface area contributed by atoms with E-state index in [9.17, 15) is 9.35 Å². The summed E-state index contributed by atoms with van der Waals surface area (Å²) in [6, 6.07) is 7.42. The molecule has 1 unspecified atom stereocenters. The van der Waals surface area contributed by atoms with Crippen molar-refractivity contribution >= 4 is 17.3 Å². The molecule has 1 rings (SSSR count). The molecule has 26 heavy (non-hydrogen) atoms. The first-order valence-electron chi connectivity index (χ1n) is 9.50. The molecule has 0 saturated carbocycles. The zero-order valence-corrected chi connectivity index (χ0v) is 18.1. The van der Waals surface area contributed by atoms with Gasteiger partial charge in [-0.2, -0.15) is 0 Å². The Morgan fingerprint density at radius 2 is 1.81 bits per heavy atom. The van der Waals surface area contributed by atoms with Crippen LogP contribution < -0.4 is 4.72 Å². The predicted octanol–water partition coefficient (Wildman–Crippen LogP) is 4.78. The van der Waals surface area contributed by atoms with Gasteiger partial charge in [0.05, 0.1) is 23.8 Å². The average molecular weight is 382 g/mol. The van der Waals surface area contributed by atoms with Crippen LogP contribution in [0.4, 0.5) is 0 Å². The van der Waals surface area contributed by atoms with E-state index in [1.807, 2.05) is 52.0 Å². The molecule has 1 aromatic rings. The molecule has 0 saturated heterocycles. The maximum Gasteiger partial charge on any atom is 0.308 e. The number of benzene rings is 1. The fourth-order valence-electron chi connectivity index (χ4n) is 2.88. The second-order valence-electron chi connectivity index (χ2n) is 8.22. The van der Waals surface area contributed by atoms with Gasteiger partial charge < -0.3 is 9.29 Å². The highest BCUT2D eigenvalue weighted by Gasteiger charge is 2.31. The Bertz CT molecular complexity index is 553. The molecule has 0 fully saturated rings. The first kappa shape index (κ1) is 23.0. The minimum absolute atomic E-state index is 0.200. The number of esters is 1. The number of carbonyl (C=O) groups excluding carboxylic acids is 1. The van der Waals surface area contributed by atoms with Gasteiger partial charge in [-0.1, -0.05) is 51.3 Å². The van der Waals surface area contributed by atoms with Crippen LogP contribution in [0.2, 0.25) is 0 Å². The van der Waals surface area contributed by atoms with Crippen LogP contribution in [0, 0.1) is 18.8 Å². The first-order valence-corrected chi connectivity index (χ1v) is 10.6. The fourth-order valence-corrected chi connectivity index (χ4v) is 3.97. The van der Waals surface area contributed by atoms with Crippen LogP contribution in [-0.2, 0) is 20.9 Å². The van der Waals surface area contributed by atoms with Gasteiger partial charge in [-0.15, -0.1) is 4.72 Å². The lowest BCUT2D eigenvalue weighted by molar-refractivity contribution is -0.155. The van der Waals surface area contributed by atoms with E-state index >= 15 is 0 Å². The van der Waals surface area contributed by atoms with Crippen LogP contribution in [-0.4, -0.2) is 22.2 Å². The van der Waals surface area contributed by atoms with Crippen molar-refractivity contribution in [1.29, 1.82) is 0 Å². The first-order chi connectivity index (χ1) is 12.0. The maximum atomic E-state index is 12.8.